The smallest absolute Gasteiger partial charge is 0.0350 e. The Morgan fingerprint density at radius 2 is 1.60 bits per heavy atom. The van der Waals surface area contributed by atoms with Crippen molar-refractivity contribution in [3.63, 3.8) is 0 Å². The van der Waals surface area contributed by atoms with Gasteiger partial charge in [-0.2, -0.15) is 0 Å². The monoisotopic (exact) mass is 208 g/mol. The zero-order chi connectivity index (χ0) is 11.0. The van der Waals surface area contributed by atoms with Crippen molar-refractivity contribution in [2.75, 3.05) is 0 Å². The molecule has 0 radical (unpaired) electrons. The molecule has 0 bridgehead atoms. The van der Waals surface area contributed by atoms with E-state index in [2.05, 4.69) is 27.7 Å². The normalized spacial score (nSPS) is 46.6. The molecule has 0 aromatic rings. The molecule has 0 unspecified atom stereocenters. The van der Waals surface area contributed by atoms with Gasteiger partial charge in [0.25, 0.3) is 0 Å². The number of fused-ring (bicyclic) bond motifs is 1. The average molecular weight is 208 g/mol. The van der Waals surface area contributed by atoms with Crippen LogP contribution in [0.25, 0.3) is 0 Å². The summed E-state index contributed by atoms with van der Waals surface area (Å²) in [6.45, 7) is 9.85. The summed E-state index contributed by atoms with van der Waals surface area (Å²) in [4.78, 5) is 0. The van der Waals surface area contributed by atoms with Gasteiger partial charge in [0.1, 0.15) is 0 Å². The Balaban J connectivity index is 2.10. The van der Waals surface area contributed by atoms with E-state index in [-0.39, 0.29) is 0 Å². The molecule has 0 heterocycles. The number of rotatable bonds is 1. The minimum absolute atomic E-state index is 0.912. The Morgan fingerprint density at radius 3 is 2.27 bits per heavy atom. The van der Waals surface area contributed by atoms with E-state index < -0.39 is 0 Å². The molecule has 0 spiro atoms. The van der Waals surface area contributed by atoms with Crippen LogP contribution in [-0.4, -0.2) is 0 Å². The van der Waals surface area contributed by atoms with E-state index in [1.165, 1.54) is 32.1 Å². The minimum atomic E-state index is 0.912. The van der Waals surface area contributed by atoms with Crippen molar-refractivity contribution in [2.45, 2.75) is 59.8 Å². The highest BCUT2D eigenvalue weighted by Gasteiger charge is 2.41. The minimum Gasteiger partial charge on any atom is -0.0625 e. The van der Waals surface area contributed by atoms with Gasteiger partial charge in [0.15, 0.2) is 0 Å². The average Bonchev–Trinajstić information content (AvgIpc) is 2.17. The zero-order valence-corrected chi connectivity index (χ0v) is 11.0. The molecule has 0 aliphatic heterocycles. The SMILES string of the molecule is CC(C)[C@H]1CC[C@@H](C)[C@H]2CC[C@@H](C)C[C@@H]21. The van der Waals surface area contributed by atoms with Crippen LogP contribution in [0.1, 0.15) is 59.8 Å². The third kappa shape index (κ3) is 2.24. The van der Waals surface area contributed by atoms with E-state index in [1.54, 1.807) is 0 Å². The maximum absolute atomic E-state index is 2.50. The van der Waals surface area contributed by atoms with Crippen LogP contribution in [-0.2, 0) is 0 Å². The molecule has 2 saturated carbocycles. The molecule has 88 valence electrons. The Bertz CT molecular complexity index is 202. The molecular formula is C15H28. The highest BCUT2D eigenvalue weighted by Crippen LogP contribution is 2.50. The van der Waals surface area contributed by atoms with Gasteiger partial charge in [0, 0.05) is 0 Å². The van der Waals surface area contributed by atoms with Crippen LogP contribution >= 0.6 is 0 Å². The predicted molar refractivity (Wildman–Crippen MR) is 66.7 cm³/mol. The fourth-order valence-corrected chi connectivity index (χ4v) is 4.36. The van der Waals surface area contributed by atoms with Gasteiger partial charge < -0.3 is 0 Å². The summed E-state index contributed by atoms with van der Waals surface area (Å²) in [5.74, 6) is 6.10. The molecule has 2 rings (SSSR count). The van der Waals surface area contributed by atoms with Gasteiger partial charge in [-0.3, -0.25) is 0 Å². The molecule has 2 aliphatic carbocycles. The summed E-state index contributed by atoms with van der Waals surface area (Å²) >= 11 is 0. The Kier molecular flexibility index (Phi) is 3.42. The maximum atomic E-state index is 2.50. The van der Waals surface area contributed by atoms with E-state index >= 15 is 0 Å². The maximum Gasteiger partial charge on any atom is -0.0350 e. The molecule has 5 atom stereocenters. The van der Waals surface area contributed by atoms with Gasteiger partial charge >= 0.3 is 0 Å². The highest BCUT2D eigenvalue weighted by molar-refractivity contribution is 4.90. The van der Waals surface area contributed by atoms with Crippen LogP contribution in [0.15, 0.2) is 0 Å². The first-order valence-electron chi connectivity index (χ1n) is 7.09. The van der Waals surface area contributed by atoms with Crippen molar-refractivity contribution in [1.29, 1.82) is 0 Å². The topological polar surface area (TPSA) is 0 Å². The van der Waals surface area contributed by atoms with E-state index in [4.69, 9.17) is 0 Å². The Labute approximate surface area is 95.8 Å². The van der Waals surface area contributed by atoms with Crippen LogP contribution in [0.2, 0.25) is 0 Å². The van der Waals surface area contributed by atoms with Crippen LogP contribution < -0.4 is 0 Å². The number of hydrogen-bond donors (Lipinski definition) is 0. The molecule has 0 aromatic carbocycles. The first-order chi connectivity index (χ1) is 7.09. The van der Waals surface area contributed by atoms with Gasteiger partial charge in [-0.15, -0.1) is 0 Å². The summed E-state index contributed by atoms with van der Waals surface area (Å²) in [5, 5.41) is 0. The lowest BCUT2D eigenvalue weighted by Crippen LogP contribution is -2.39. The van der Waals surface area contributed by atoms with Crippen LogP contribution in [0.4, 0.5) is 0 Å². The Hall–Kier alpha value is 0. The largest absolute Gasteiger partial charge is 0.0625 e. The van der Waals surface area contributed by atoms with Gasteiger partial charge in [-0.1, -0.05) is 40.5 Å². The molecule has 0 N–H and O–H groups in total. The molecule has 2 fully saturated rings. The highest BCUT2D eigenvalue weighted by atomic mass is 14.5. The van der Waals surface area contributed by atoms with Crippen LogP contribution in [0.5, 0.6) is 0 Å². The fourth-order valence-electron chi connectivity index (χ4n) is 4.36. The summed E-state index contributed by atoms with van der Waals surface area (Å²) < 4.78 is 0. The second kappa shape index (κ2) is 4.47. The second-order valence-electron chi connectivity index (χ2n) is 6.71. The molecule has 0 saturated heterocycles. The zero-order valence-electron chi connectivity index (χ0n) is 11.0. The number of hydrogen-bond acceptors (Lipinski definition) is 0. The van der Waals surface area contributed by atoms with Gasteiger partial charge in [0.05, 0.1) is 0 Å². The first-order valence-corrected chi connectivity index (χ1v) is 7.09. The lowest BCUT2D eigenvalue weighted by Gasteiger charge is -2.48. The first kappa shape index (κ1) is 11.5. The summed E-state index contributed by atoms with van der Waals surface area (Å²) in [6, 6.07) is 0. The lowest BCUT2D eigenvalue weighted by molar-refractivity contribution is 0.0182. The van der Waals surface area contributed by atoms with Crippen molar-refractivity contribution in [1.82, 2.24) is 0 Å². The van der Waals surface area contributed by atoms with E-state index in [0.717, 1.165) is 35.5 Å². The van der Waals surface area contributed by atoms with Crippen molar-refractivity contribution in [3.8, 4) is 0 Å². The molecule has 2 aliphatic rings. The quantitative estimate of drug-likeness (QED) is 0.584. The van der Waals surface area contributed by atoms with Gasteiger partial charge in [-0.05, 0) is 54.8 Å². The van der Waals surface area contributed by atoms with E-state index in [1.807, 2.05) is 0 Å². The predicted octanol–water partition coefficient (Wildman–Crippen LogP) is 4.74. The molecule has 0 aromatic heterocycles. The summed E-state index contributed by atoms with van der Waals surface area (Å²) in [5.41, 5.74) is 0. The van der Waals surface area contributed by atoms with Crippen molar-refractivity contribution >= 4 is 0 Å². The summed E-state index contributed by atoms with van der Waals surface area (Å²) in [7, 11) is 0. The standard InChI is InChI=1S/C15H28/c1-10(2)13-8-6-12(4)14-7-5-11(3)9-15(13)14/h10-15H,5-9H2,1-4H3/t11-,12-,13-,14-,15-/m1/s1. The molecule has 0 heteroatoms. The third-order valence-electron chi connectivity index (χ3n) is 5.31. The molecular weight excluding hydrogens is 180 g/mol. The van der Waals surface area contributed by atoms with Crippen molar-refractivity contribution < 1.29 is 0 Å². The van der Waals surface area contributed by atoms with E-state index in [0.29, 0.717) is 0 Å². The molecule has 0 amide bonds. The van der Waals surface area contributed by atoms with Crippen LogP contribution in [0, 0.1) is 35.5 Å². The molecule has 15 heavy (non-hydrogen) atoms. The lowest BCUT2D eigenvalue weighted by atomic mass is 9.57. The van der Waals surface area contributed by atoms with Crippen molar-refractivity contribution in [2.24, 2.45) is 35.5 Å². The second-order valence-corrected chi connectivity index (χ2v) is 6.71. The Morgan fingerprint density at radius 1 is 0.867 bits per heavy atom. The van der Waals surface area contributed by atoms with Gasteiger partial charge in [0.2, 0.25) is 0 Å². The summed E-state index contributed by atoms with van der Waals surface area (Å²) in [6.07, 6.45) is 7.55. The fraction of sp³-hybridized carbons (Fsp3) is 1.00. The van der Waals surface area contributed by atoms with Gasteiger partial charge in [-0.25, -0.2) is 0 Å². The van der Waals surface area contributed by atoms with Crippen molar-refractivity contribution in [3.05, 3.63) is 0 Å². The molecule has 0 nitrogen and oxygen atoms in total. The third-order valence-corrected chi connectivity index (χ3v) is 5.31. The van der Waals surface area contributed by atoms with E-state index in [9.17, 15) is 0 Å². The van der Waals surface area contributed by atoms with Crippen LogP contribution in [0.3, 0.4) is 0 Å².